The summed E-state index contributed by atoms with van der Waals surface area (Å²) in [4.78, 5) is 28.4. The van der Waals surface area contributed by atoms with Gasteiger partial charge >= 0.3 is 5.69 Å². The van der Waals surface area contributed by atoms with Crippen LogP contribution in [-0.4, -0.2) is 19.6 Å². The number of rotatable bonds is 3. The van der Waals surface area contributed by atoms with Gasteiger partial charge in [0, 0.05) is 6.20 Å². The van der Waals surface area contributed by atoms with E-state index in [4.69, 9.17) is 0 Å². The van der Waals surface area contributed by atoms with Gasteiger partial charge in [0.1, 0.15) is 0 Å². The lowest BCUT2D eigenvalue weighted by Crippen LogP contribution is -2.32. The van der Waals surface area contributed by atoms with Crippen LogP contribution in [0.5, 0.6) is 5.88 Å². The van der Waals surface area contributed by atoms with Crippen LogP contribution in [-0.2, 0) is 13.0 Å². The van der Waals surface area contributed by atoms with Gasteiger partial charge in [-0.3, -0.25) is 19.3 Å². The number of hydrogen-bond acceptors (Lipinski definition) is 4. The van der Waals surface area contributed by atoms with E-state index in [9.17, 15) is 19.1 Å². The van der Waals surface area contributed by atoms with Gasteiger partial charge in [-0.05, 0) is 18.1 Å². The standard InChI is InChI=1S/C12H12FN3O3/c1-2-7-4-3-5-14-8(7)6-16-11(18)9(13)10(17)15-12(16)19/h3-5,18H,2,6H2,1H3,(H,15,17,19). The van der Waals surface area contributed by atoms with E-state index < -0.39 is 22.9 Å². The summed E-state index contributed by atoms with van der Waals surface area (Å²) in [5, 5.41) is 9.52. The van der Waals surface area contributed by atoms with E-state index in [-0.39, 0.29) is 6.54 Å². The van der Waals surface area contributed by atoms with Crippen LogP contribution in [0.15, 0.2) is 27.9 Å². The number of pyridine rings is 1. The second-order valence-electron chi connectivity index (χ2n) is 3.95. The van der Waals surface area contributed by atoms with Crippen LogP contribution in [0.1, 0.15) is 18.2 Å². The van der Waals surface area contributed by atoms with Gasteiger partial charge in [0.15, 0.2) is 0 Å². The predicted octanol–water partition coefficient (Wildman–Crippen LogP) is 0.387. The molecule has 2 aromatic rings. The highest BCUT2D eigenvalue weighted by molar-refractivity contribution is 5.21. The number of aryl methyl sites for hydroxylation is 1. The van der Waals surface area contributed by atoms with E-state index in [1.54, 1.807) is 17.2 Å². The Bertz CT molecular complexity index is 721. The second-order valence-corrected chi connectivity index (χ2v) is 3.95. The normalized spacial score (nSPS) is 10.6. The Balaban J connectivity index is 2.53. The van der Waals surface area contributed by atoms with Crippen LogP contribution in [0.2, 0.25) is 0 Å². The fraction of sp³-hybridized carbons (Fsp3) is 0.250. The summed E-state index contributed by atoms with van der Waals surface area (Å²) in [5.74, 6) is -2.37. The van der Waals surface area contributed by atoms with Gasteiger partial charge in [-0.2, -0.15) is 4.39 Å². The Kier molecular flexibility index (Phi) is 3.46. The fourth-order valence-electron chi connectivity index (χ4n) is 1.77. The average molecular weight is 265 g/mol. The summed E-state index contributed by atoms with van der Waals surface area (Å²) in [6.07, 6.45) is 2.23. The Morgan fingerprint density at radius 2 is 2.21 bits per heavy atom. The van der Waals surface area contributed by atoms with Crippen molar-refractivity contribution in [3.8, 4) is 5.88 Å². The molecule has 7 heteroatoms. The predicted molar refractivity (Wildman–Crippen MR) is 65.7 cm³/mol. The number of aromatic hydroxyl groups is 1. The van der Waals surface area contributed by atoms with Gasteiger partial charge in [0.05, 0.1) is 12.2 Å². The van der Waals surface area contributed by atoms with E-state index >= 15 is 0 Å². The second kappa shape index (κ2) is 5.05. The van der Waals surface area contributed by atoms with Crippen molar-refractivity contribution in [2.45, 2.75) is 19.9 Å². The van der Waals surface area contributed by atoms with Crippen molar-refractivity contribution in [3.05, 3.63) is 56.2 Å². The number of aromatic nitrogens is 3. The first kappa shape index (κ1) is 13.0. The number of hydrogen-bond donors (Lipinski definition) is 2. The molecule has 0 spiro atoms. The van der Waals surface area contributed by atoms with Crippen LogP contribution in [0.4, 0.5) is 4.39 Å². The number of aromatic amines is 1. The third-order valence-electron chi connectivity index (χ3n) is 2.79. The molecule has 0 saturated heterocycles. The molecular formula is C12H12FN3O3. The van der Waals surface area contributed by atoms with Gasteiger partial charge in [-0.15, -0.1) is 0 Å². The number of H-pyrrole nitrogens is 1. The summed E-state index contributed by atoms with van der Waals surface area (Å²) in [5.41, 5.74) is -0.707. The topological polar surface area (TPSA) is 88.0 Å². The van der Waals surface area contributed by atoms with E-state index in [1.165, 1.54) is 0 Å². The molecule has 19 heavy (non-hydrogen) atoms. The Labute approximate surface area is 107 Å². The van der Waals surface area contributed by atoms with Crippen LogP contribution >= 0.6 is 0 Å². The van der Waals surface area contributed by atoms with Crippen LogP contribution < -0.4 is 11.2 Å². The molecule has 0 aliphatic heterocycles. The maximum absolute atomic E-state index is 13.3. The molecule has 0 unspecified atom stereocenters. The molecule has 6 nitrogen and oxygen atoms in total. The lowest BCUT2D eigenvalue weighted by molar-refractivity contribution is 0.366. The first-order valence-electron chi connectivity index (χ1n) is 5.69. The quantitative estimate of drug-likeness (QED) is 0.840. The first-order chi connectivity index (χ1) is 9.04. The van der Waals surface area contributed by atoms with Crippen molar-refractivity contribution >= 4 is 0 Å². The van der Waals surface area contributed by atoms with Crippen LogP contribution in [0.3, 0.4) is 0 Å². The van der Waals surface area contributed by atoms with Crippen molar-refractivity contribution in [1.29, 1.82) is 0 Å². The van der Waals surface area contributed by atoms with Crippen molar-refractivity contribution in [3.63, 3.8) is 0 Å². The van der Waals surface area contributed by atoms with E-state index in [0.29, 0.717) is 12.1 Å². The largest absolute Gasteiger partial charge is 0.492 e. The average Bonchev–Trinajstić information content (AvgIpc) is 2.41. The molecule has 0 aromatic carbocycles. The SMILES string of the molecule is CCc1cccnc1Cn1c(O)c(F)c(=O)[nH]c1=O. The van der Waals surface area contributed by atoms with Gasteiger partial charge in [-0.25, -0.2) is 4.79 Å². The summed E-state index contributed by atoms with van der Waals surface area (Å²) >= 11 is 0. The maximum Gasteiger partial charge on any atom is 0.331 e. The number of nitrogens with one attached hydrogen (secondary N) is 1. The third-order valence-corrected chi connectivity index (χ3v) is 2.79. The van der Waals surface area contributed by atoms with Crippen molar-refractivity contribution < 1.29 is 9.50 Å². The molecule has 2 N–H and O–H groups in total. The van der Waals surface area contributed by atoms with Gasteiger partial charge < -0.3 is 5.11 Å². The van der Waals surface area contributed by atoms with Crippen LogP contribution in [0, 0.1) is 5.82 Å². The lowest BCUT2D eigenvalue weighted by atomic mass is 10.1. The molecule has 0 amide bonds. The molecule has 0 fully saturated rings. The van der Waals surface area contributed by atoms with Crippen molar-refractivity contribution in [1.82, 2.24) is 14.5 Å². The minimum absolute atomic E-state index is 0.109. The highest BCUT2D eigenvalue weighted by Crippen LogP contribution is 2.12. The highest BCUT2D eigenvalue weighted by atomic mass is 19.1. The van der Waals surface area contributed by atoms with E-state index in [0.717, 1.165) is 10.1 Å². The molecule has 0 aliphatic rings. The van der Waals surface area contributed by atoms with Crippen molar-refractivity contribution in [2.24, 2.45) is 0 Å². The van der Waals surface area contributed by atoms with Crippen molar-refractivity contribution in [2.75, 3.05) is 0 Å². The number of nitrogens with zero attached hydrogens (tertiary/aromatic N) is 2. The van der Waals surface area contributed by atoms with Gasteiger partial charge in [0.25, 0.3) is 5.56 Å². The van der Waals surface area contributed by atoms with E-state index in [1.807, 2.05) is 13.0 Å². The molecule has 0 atom stereocenters. The molecule has 2 rings (SSSR count). The van der Waals surface area contributed by atoms with Gasteiger partial charge in [-0.1, -0.05) is 13.0 Å². The zero-order valence-corrected chi connectivity index (χ0v) is 10.2. The smallest absolute Gasteiger partial charge is 0.331 e. The summed E-state index contributed by atoms with van der Waals surface area (Å²) in [6, 6.07) is 3.57. The molecule has 0 saturated carbocycles. The first-order valence-corrected chi connectivity index (χ1v) is 5.69. The van der Waals surface area contributed by atoms with Crippen LogP contribution in [0.25, 0.3) is 0 Å². The Hall–Kier alpha value is -2.44. The summed E-state index contributed by atoms with van der Waals surface area (Å²) in [6.45, 7) is 1.80. The third kappa shape index (κ3) is 2.40. The molecule has 0 aliphatic carbocycles. The molecule has 0 bridgehead atoms. The molecule has 2 aromatic heterocycles. The Morgan fingerprint density at radius 3 is 2.89 bits per heavy atom. The monoisotopic (exact) mass is 265 g/mol. The molecule has 100 valence electrons. The molecule has 0 radical (unpaired) electrons. The van der Waals surface area contributed by atoms with E-state index in [2.05, 4.69) is 4.98 Å². The summed E-state index contributed by atoms with van der Waals surface area (Å²) < 4.78 is 14.0. The minimum Gasteiger partial charge on any atom is -0.492 e. The highest BCUT2D eigenvalue weighted by Gasteiger charge is 2.15. The molecule has 2 heterocycles. The molecular weight excluding hydrogens is 253 g/mol. The zero-order valence-electron chi connectivity index (χ0n) is 10.2. The zero-order chi connectivity index (χ0) is 14.0. The maximum atomic E-state index is 13.3. The minimum atomic E-state index is -1.38. The Morgan fingerprint density at radius 1 is 1.47 bits per heavy atom. The summed E-state index contributed by atoms with van der Waals surface area (Å²) in [7, 11) is 0. The number of halogens is 1. The lowest BCUT2D eigenvalue weighted by Gasteiger charge is -2.10. The van der Waals surface area contributed by atoms with Gasteiger partial charge in [0.2, 0.25) is 11.7 Å². The fourth-order valence-corrected chi connectivity index (χ4v) is 1.77.